The Morgan fingerprint density at radius 3 is 2.66 bits per heavy atom. The highest BCUT2D eigenvalue weighted by atomic mass is 16.3. The summed E-state index contributed by atoms with van der Waals surface area (Å²) in [5.41, 5.74) is 1.97. The number of aryl methyl sites for hydroxylation is 1. The number of aliphatic hydroxyl groups is 1. The van der Waals surface area contributed by atoms with Gasteiger partial charge in [0.25, 0.3) is 0 Å². The number of likely N-dealkylation sites (tertiary alicyclic amines) is 2. The fourth-order valence-electron chi connectivity index (χ4n) is 5.70. The van der Waals surface area contributed by atoms with Gasteiger partial charge in [-0.15, -0.1) is 0 Å². The van der Waals surface area contributed by atoms with E-state index in [4.69, 9.17) is 0 Å². The first kappa shape index (κ1) is 20.7. The molecule has 1 amide bonds. The number of anilines is 1. The molecule has 3 saturated heterocycles. The van der Waals surface area contributed by atoms with Crippen LogP contribution in [0.25, 0.3) is 0 Å². The Balaban J connectivity index is 1.38. The van der Waals surface area contributed by atoms with E-state index in [1.165, 1.54) is 30.5 Å². The Morgan fingerprint density at radius 2 is 1.93 bits per heavy atom. The molecule has 5 nitrogen and oxygen atoms in total. The fraction of sp³-hybridized carbons (Fsp3) is 0.708. The van der Waals surface area contributed by atoms with Gasteiger partial charge >= 0.3 is 0 Å². The second kappa shape index (κ2) is 8.65. The van der Waals surface area contributed by atoms with Crippen molar-refractivity contribution in [3.8, 4) is 0 Å². The minimum atomic E-state index is -0.590. The highest BCUT2D eigenvalue weighted by molar-refractivity contribution is 5.73. The highest BCUT2D eigenvalue weighted by Crippen LogP contribution is 2.34. The van der Waals surface area contributed by atoms with Crippen molar-refractivity contribution in [2.45, 2.75) is 64.0 Å². The lowest BCUT2D eigenvalue weighted by atomic mass is 9.85. The Hall–Kier alpha value is -1.59. The van der Waals surface area contributed by atoms with Crippen LogP contribution in [0.5, 0.6) is 0 Å². The second-order valence-corrected chi connectivity index (χ2v) is 9.60. The molecule has 5 heteroatoms. The summed E-state index contributed by atoms with van der Waals surface area (Å²) in [4.78, 5) is 18.9. The van der Waals surface area contributed by atoms with E-state index < -0.39 is 5.60 Å². The number of carbonyl (C=O) groups is 1. The normalized spacial score (nSPS) is 28.0. The van der Waals surface area contributed by atoms with Crippen LogP contribution in [0, 0.1) is 12.8 Å². The molecule has 3 heterocycles. The van der Waals surface area contributed by atoms with Crippen LogP contribution in [0.4, 0.5) is 5.69 Å². The lowest BCUT2D eigenvalue weighted by molar-refractivity contribution is -0.132. The quantitative estimate of drug-likeness (QED) is 0.849. The van der Waals surface area contributed by atoms with Crippen molar-refractivity contribution in [1.82, 2.24) is 9.80 Å². The summed E-state index contributed by atoms with van der Waals surface area (Å²) in [6.07, 6.45) is 6.37. The van der Waals surface area contributed by atoms with Crippen molar-refractivity contribution >= 4 is 11.6 Å². The topological polar surface area (TPSA) is 47.0 Å². The third-order valence-electron chi connectivity index (χ3n) is 7.44. The Labute approximate surface area is 175 Å². The molecule has 0 radical (unpaired) electrons. The first-order chi connectivity index (χ1) is 13.9. The standard InChI is InChI=1S/C24H37N3O2/c1-19-6-5-8-22(16-19)25-14-10-24(29,11-15-25)18-27-12-4-3-7-21-17-26(20(2)28)13-9-23(21)27/h5-6,8,16,21,23,29H,3-4,7,9-15,17-18H2,1-2H3/t21-,23+/m1/s1. The number of hydrogen-bond acceptors (Lipinski definition) is 4. The average Bonchev–Trinajstić information content (AvgIpc) is 2.90. The maximum Gasteiger partial charge on any atom is 0.219 e. The molecule has 3 aliphatic rings. The molecule has 0 spiro atoms. The molecule has 160 valence electrons. The van der Waals surface area contributed by atoms with Gasteiger partial charge in [0.05, 0.1) is 5.60 Å². The largest absolute Gasteiger partial charge is 0.388 e. The SMILES string of the molecule is CC(=O)N1CC[C@H]2[C@H](CCCCN2CC2(O)CCN(c3cccc(C)c3)CC2)C1. The lowest BCUT2D eigenvalue weighted by Crippen LogP contribution is -2.57. The van der Waals surface area contributed by atoms with Gasteiger partial charge in [-0.25, -0.2) is 0 Å². The maximum atomic E-state index is 11.8. The minimum Gasteiger partial charge on any atom is -0.388 e. The molecule has 0 unspecified atom stereocenters. The summed E-state index contributed by atoms with van der Waals surface area (Å²) < 4.78 is 0. The van der Waals surface area contributed by atoms with Gasteiger partial charge in [0, 0.05) is 51.4 Å². The van der Waals surface area contributed by atoms with Crippen LogP contribution < -0.4 is 4.90 Å². The van der Waals surface area contributed by atoms with Crippen LogP contribution >= 0.6 is 0 Å². The van der Waals surface area contributed by atoms with E-state index >= 15 is 0 Å². The van der Waals surface area contributed by atoms with E-state index in [1.807, 2.05) is 4.90 Å². The number of nitrogens with zero attached hydrogens (tertiary/aromatic N) is 3. The monoisotopic (exact) mass is 399 g/mol. The predicted octanol–water partition coefficient (Wildman–Crippen LogP) is 3.05. The number of β-amino-alcohol motifs (C(OH)–C–C–N with tert-alkyl or cyclic N) is 1. The summed E-state index contributed by atoms with van der Waals surface area (Å²) in [6, 6.07) is 9.20. The van der Waals surface area contributed by atoms with Crippen LogP contribution in [0.2, 0.25) is 0 Å². The van der Waals surface area contributed by atoms with Crippen molar-refractivity contribution in [2.24, 2.45) is 5.92 Å². The molecule has 4 rings (SSSR count). The first-order valence-electron chi connectivity index (χ1n) is 11.5. The van der Waals surface area contributed by atoms with E-state index in [0.29, 0.717) is 12.0 Å². The number of hydrogen-bond donors (Lipinski definition) is 1. The van der Waals surface area contributed by atoms with Crippen molar-refractivity contribution in [3.63, 3.8) is 0 Å². The summed E-state index contributed by atoms with van der Waals surface area (Å²) in [5, 5.41) is 11.4. The fourth-order valence-corrected chi connectivity index (χ4v) is 5.70. The van der Waals surface area contributed by atoms with Gasteiger partial charge < -0.3 is 14.9 Å². The number of fused-ring (bicyclic) bond motifs is 1. The van der Waals surface area contributed by atoms with Gasteiger partial charge in [0.15, 0.2) is 0 Å². The molecular weight excluding hydrogens is 362 g/mol. The number of rotatable bonds is 3. The molecule has 1 aromatic rings. The number of piperidine rings is 2. The number of carbonyl (C=O) groups excluding carboxylic acids is 1. The highest BCUT2D eigenvalue weighted by Gasteiger charge is 2.40. The van der Waals surface area contributed by atoms with Gasteiger partial charge in [-0.1, -0.05) is 18.6 Å². The molecule has 2 atom stereocenters. The zero-order chi connectivity index (χ0) is 20.4. The smallest absolute Gasteiger partial charge is 0.219 e. The molecule has 0 saturated carbocycles. The molecule has 1 aromatic carbocycles. The molecule has 0 bridgehead atoms. The zero-order valence-corrected chi connectivity index (χ0v) is 18.1. The number of benzene rings is 1. The summed E-state index contributed by atoms with van der Waals surface area (Å²) in [5.74, 6) is 0.771. The third-order valence-corrected chi connectivity index (χ3v) is 7.44. The summed E-state index contributed by atoms with van der Waals surface area (Å²) in [7, 11) is 0. The van der Waals surface area contributed by atoms with E-state index in [1.54, 1.807) is 6.92 Å². The van der Waals surface area contributed by atoms with Gasteiger partial charge in [0.1, 0.15) is 0 Å². The minimum absolute atomic E-state index is 0.210. The molecule has 3 aliphatic heterocycles. The van der Waals surface area contributed by atoms with Crippen LogP contribution in [0.1, 0.15) is 51.0 Å². The second-order valence-electron chi connectivity index (χ2n) is 9.60. The third kappa shape index (κ3) is 4.77. The summed E-state index contributed by atoms with van der Waals surface area (Å²) >= 11 is 0. The van der Waals surface area contributed by atoms with Crippen LogP contribution in [0.3, 0.4) is 0 Å². The summed E-state index contributed by atoms with van der Waals surface area (Å²) in [6.45, 7) is 9.31. The van der Waals surface area contributed by atoms with Gasteiger partial charge in [0.2, 0.25) is 5.91 Å². The zero-order valence-electron chi connectivity index (χ0n) is 18.1. The maximum absolute atomic E-state index is 11.8. The Morgan fingerprint density at radius 1 is 1.14 bits per heavy atom. The lowest BCUT2D eigenvalue weighted by Gasteiger charge is -2.47. The van der Waals surface area contributed by atoms with Crippen LogP contribution in [-0.2, 0) is 4.79 Å². The van der Waals surface area contributed by atoms with E-state index in [9.17, 15) is 9.90 Å². The van der Waals surface area contributed by atoms with E-state index in [2.05, 4.69) is 41.0 Å². The van der Waals surface area contributed by atoms with Crippen molar-refractivity contribution in [2.75, 3.05) is 44.2 Å². The Bertz CT molecular complexity index is 714. The van der Waals surface area contributed by atoms with E-state index in [0.717, 1.165) is 58.5 Å². The van der Waals surface area contributed by atoms with E-state index in [-0.39, 0.29) is 5.91 Å². The molecule has 1 N–H and O–H groups in total. The Kier molecular flexibility index (Phi) is 6.16. The predicted molar refractivity (Wildman–Crippen MR) is 117 cm³/mol. The van der Waals surface area contributed by atoms with Crippen molar-refractivity contribution in [1.29, 1.82) is 0 Å². The van der Waals surface area contributed by atoms with Gasteiger partial charge in [-0.2, -0.15) is 0 Å². The molecular formula is C24H37N3O2. The van der Waals surface area contributed by atoms with Crippen LogP contribution in [-0.4, -0.2) is 71.7 Å². The average molecular weight is 400 g/mol. The van der Waals surface area contributed by atoms with Crippen molar-refractivity contribution in [3.05, 3.63) is 29.8 Å². The van der Waals surface area contributed by atoms with Gasteiger partial charge in [-0.3, -0.25) is 9.69 Å². The first-order valence-corrected chi connectivity index (χ1v) is 11.5. The van der Waals surface area contributed by atoms with Crippen LogP contribution in [0.15, 0.2) is 24.3 Å². The molecule has 3 fully saturated rings. The van der Waals surface area contributed by atoms with Gasteiger partial charge in [-0.05, 0) is 69.2 Å². The molecule has 0 aromatic heterocycles. The molecule has 0 aliphatic carbocycles. The molecule has 29 heavy (non-hydrogen) atoms. The van der Waals surface area contributed by atoms with Crippen molar-refractivity contribution < 1.29 is 9.90 Å². The number of amides is 1.